The van der Waals surface area contributed by atoms with E-state index in [1.165, 1.54) is 6.26 Å². The van der Waals surface area contributed by atoms with E-state index in [0.29, 0.717) is 42.6 Å². The summed E-state index contributed by atoms with van der Waals surface area (Å²) in [5, 5.41) is 0.502. The van der Waals surface area contributed by atoms with Gasteiger partial charge in [-0.2, -0.15) is 0 Å². The summed E-state index contributed by atoms with van der Waals surface area (Å²) in [5.74, 6) is -0.224. The van der Waals surface area contributed by atoms with Crippen molar-refractivity contribution < 1.29 is 18.7 Å². The van der Waals surface area contributed by atoms with E-state index in [9.17, 15) is 14.4 Å². The number of fused-ring (bicyclic) bond motifs is 1. The molecule has 208 valence electrons. The van der Waals surface area contributed by atoms with Crippen LogP contribution in [-0.4, -0.2) is 47.4 Å². The second-order valence-electron chi connectivity index (χ2n) is 10.5. The van der Waals surface area contributed by atoms with Gasteiger partial charge in [-0.1, -0.05) is 68.1 Å². The van der Waals surface area contributed by atoms with Crippen LogP contribution in [-0.2, 0) is 27.4 Å². The van der Waals surface area contributed by atoms with Crippen molar-refractivity contribution in [2.75, 3.05) is 19.7 Å². The van der Waals surface area contributed by atoms with Crippen LogP contribution >= 0.6 is 0 Å². The molecule has 0 aliphatic carbocycles. The van der Waals surface area contributed by atoms with Gasteiger partial charge in [-0.25, -0.2) is 0 Å². The minimum absolute atomic E-state index is 0.0182. The van der Waals surface area contributed by atoms with E-state index in [0.717, 1.165) is 49.7 Å². The van der Waals surface area contributed by atoms with Crippen molar-refractivity contribution in [3.05, 3.63) is 81.7 Å². The molecule has 0 N–H and O–H groups in total. The lowest BCUT2D eigenvalue weighted by Gasteiger charge is -2.29. The first-order valence-corrected chi connectivity index (χ1v) is 14.2. The number of benzene rings is 2. The van der Waals surface area contributed by atoms with Gasteiger partial charge in [-0.15, -0.1) is 0 Å². The quantitative estimate of drug-likeness (QED) is 0.268. The average Bonchev–Trinajstić information content (AvgIpc) is 3.46. The Bertz CT molecular complexity index is 1300. The Morgan fingerprint density at radius 3 is 2.54 bits per heavy atom. The molecule has 0 radical (unpaired) electrons. The van der Waals surface area contributed by atoms with Gasteiger partial charge in [0, 0.05) is 26.1 Å². The largest absolute Gasteiger partial charge is 0.464 e. The zero-order valence-corrected chi connectivity index (χ0v) is 23.2. The fraction of sp³-hybridized carbons (Fsp3) is 0.469. The van der Waals surface area contributed by atoms with Crippen LogP contribution in [0.15, 0.2) is 64.0 Å². The van der Waals surface area contributed by atoms with Gasteiger partial charge in [0.2, 0.25) is 11.8 Å². The standard InChI is InChI=1S/C32H40N2O5/c1-3-4-5-9-14-30(35)34(21-27-13-10-17-38-27)22-31(36)33(19-25-11-7-6-8-12-25)20-26-23-39-29-16-15-24(2)18-28(29)32(26)37/h6-8,11-12,15-16,18,23,27H,3-5,9-10,13-14,17,19-22H2,1-2H3. The third-order valence-corrected chi connectivity index (χ3v) is 7.30. The van der Waals surface area contributed by atoms with E-state index in [1.807, 2.05) is 49.4 Å². The molecular weight excluding hydrogens is 492 g/mol. The smallest absolute Gasteiger partial charge is 0.242 e. The van der Waals surface area contributed by atoms with Crippen LogP contribution < -0.4 is 5.43 Å². The molecule has 39 heavy (non-hydrogen) atoms. The van der Waals surface area contributed by atoms with Crippen LogP contribution in [0.3, 0.4) is 0 Å². The lowest BCUT2D eigenvalue weighted by molar-refractivity contribution is -0.142. The number of hydrogen-bond acceptors (Lipinski definition) is 5. The van der Waals surface area contributed by atoms with E-state index in [-0.39, 0.29) is 36.4 Å². The maximum absolute atomic E-state index is 13.8. The Kier molecular flexibility index (Phi) is 10.3. The molecule has 7 heteroatoms. The van der Waals surface area contributed by atoms with Crippen LogP contribution in [0.2, 0.25) is 0 Å². The number of aryl methyl sites for hydroxylation is 1. The van der Waals surface area contributed by atoms with Crippen molar-refractivity contribution in [2.24, 2.45) is 0 Å². The summed E-state index contributed by atoms with van der Waals surface area (Å²) >= 11 is 0. The number of unbranched alkanes of at least 4 members (excludes halogenated alkanes) is 3. The van der Waals surface area contributed by atoms with Crippen molar-refractivity contribution >= 4 is 22.8 Å². The van der Waals surface area contributed by atoms with Crippen LogP contribution in [0.5, 0.6) is 0 Å². The first-order chi connectivity index (χ1) is 18.9. The van der Waals surface area contributed by atoms with Gasteiger partial charge in [0.25, 0.3) is 0 Å². The minimum Gasteiger partial charge on any atom is -0.464 e. The summed E-state index contributed by atoms with van der Waals surface area (Å²) in [7, 11) is 0. The SMILES string of the molecule is CCCCCCC(=O)N(CC(=O)N(Cc1ccccc1)Cc1coc2ccc(C)cc2c1=O)CC1CCCO1. The second kappa shape index (κ2) is 14.1. The first kappa shape index (κ1) is 28.6. The molecule has 4 rings (SSSR count). The molecule has 2 aromatic carbocycles. The summed E-state index contributed by atoms with van der Waals surface area (Å²) in [4.78, 5) is 43.7. The normalized spacial score (nSPS) is 15.0. The van der Waals surface area contributed by atoms with Gasteiger partial charge in [-0.3, -0.25) is 14.4 Å². The first-order valence-electron chi connectivity index (χ1n) is 14.2. The Morgan fingerprint density at radius 1 is 0.974 bits per heavy atom. The van der Waals surface area contributed by atoms with Crippen LogP contribution in [0.25, 0.3) is 11.0 Å². The highest BCUT2D eigenvalue weighted by Gasteiger charge is 2.27. The van der Waals surface area contributed by atoms with Gasteiger partial charge < -0.3 is 19.0 Å². The monoisotopic (exact) mass is 532 g/mol. The molecule has 1 unspecified atom stereocenters. The molecule has 1 fully saturated rings. The summed E-state index contributed by atoms with van der Waals surface area (Å²) in [6.07, 6.45) is 7.69. The third-order valence-electron chi connectivity index (χ3n) is 7.30. The fourth-order valence-electron chi connectivity index (χ4n) is 5.05. The summed E-state index contributed by atoms with van der Waals surface area (Å²) in [5.41, 5.74) is 2.70. The summed E-state index contributed by atoms with van der Waals surface area (Å²) in [6, 6.07) is 15.2. The number of ether oxygens (including phenoxy) is 1. The number of nitrogens with zero attached hydrogens (tertiary/aromatic N) is 2. The fourth-order valence-corrected chi connectivity index (χ4v) is 5.05. The third kappa shape index (κ3) is 8.02. The second-order valence-corrected chi connectivity index (χ2v) is 10.5. The van der Waals surface area contributed by atoms with Gasteiger partial charge in [0.1, 0.15) is 5.58 Å². The molecule has 7 nitrogen and oxygen atoms in total. The van der Waals surface area contributed by atoms with Crippen molar-refractivity contribution in [1.82, 2.24) is 9.80 Å². The number of carbonyl (C=O) groups excluding carboxylic acids is 2. The molecule has 1 aliphatic rings. The van der Waals surface area contributed by atoms with Crippen molar-refractivity contribution in [1.29, 1.82) is 0 Å². The Labute approximate surface area is 230 Å². The Hall–Kier alpha value is -3.45. The molecule has 1 aromatic heterocycles. The van der Waals surface area contributed by atoms with Crippen molar-refractivity contribution in [3.8, 4) is 0 Å². The van der Waals surface area contributed by atoms with Gasteiger partial charge in [0.05, 0.1) is 36.4 Å². The van der Waals surface area contributed by atoms with E-state index >= 15 is 0 Å². The molecule has 1 saturated heterocycles. The Balaban J connectivity index is 1.56. The molecule has 0 bridgehead atoms. The van der Waals surface area contributed by atoms with Crippen molar-refractivity contribution in [3.63, 3.8) is 0 Å². The molecular formula is C32H40N2O5. The van der Waals surface area contributed by atoms with Crippen LogP contribution in [0.4, 0.5) is 0 Å². The van der Waals surface area contributed by atoms with E-state index < -0.39 is 0 Å². The zero-order valence-electron chi connectivity index (χ0n) is 23.2. The van der Waals surface area contributed by atoms with Gasteiger partial charge >= 0.3 is 0 Å². The minimum atomic E-state index is -0.206. The number of carbonyl (C=O) groups is 2. The lowest BCUT2D eigenvalue weighted by atomic mass is 10.1. The maximum Gasteiger partial charge on any atom is 0.242 e. The number of amides is 2. The Morgan fingerprint density at radius 2 is 1.79 bits per heavy atom. The van der Waals surface area contributed by atoms with E-state index in [4.69, 9.17) is 9.15 Å². The molecule has 0 spiro atoms. The highest BCUT2D eigenvalue weighted by molar-refractivity contribution is 5.85. The summed E-state index contributed by atoms with van der Waals surface area (Å²) < 4.78 is 11.6. The number of rotatable bonds is 13. The molecule has 1 aliphatic heterocycles. The van der Waals surface area contributed by atoms with Gasteiger partial charge in [0.15, 0.2) is 5.43 Å². The molecule has 1 atom stereocenters. The lowest BCUT2D eigenvalue weighted by Crippen LogP contribution is -2.45. The van der Waals surface area contributed by atoms with Gasteiger partial charge in [-0.05, 0) is 43.9 Å². The van der Waals surface area contributed by atoms with Crippen LogP contribution in [0, 0.1) is 6.92 Å². The zero-order chi connectivity index (χ0) is 27.6. The van der Waals surface area contributed by atoms with Crippen LogP contribution in [0.1, 0.15) is 68.6 Å². The molecule has 0 saturated carbocycles. The highest BCUT2D eigenvalue weighted by Crippen LogP contribution is 2.18. The maximum atomic E-state index is 13.8. The van der Waals surface area contributed by atoms with E-state index in [1.54, 1.807) is 15.9 Å². The molecule has 2 amide bonds. The molecule has 2 heterocycles. The van der Waals surface area contributed by atoms with E-state index in [2.05, 4.69) is 6.92 Å². The predicted molar refractivity (Wildman–Crippen MR) is 152 cm³/mol. The predicted octanol–water partition coefficient (Wildman–Crippen LogP) is 5.61. The molecule has 3 aromatic rings. The topological polar surface area (TPSA) is 80.1 Å². The average molecular weight is 533 g/mol. The number of hydrogen-bond donors (Lipinski definition) is 0. The summed E-state index contributed by atoms with van der Waals surface area (Å²) in [6.45, 7) is 5.55. The highest BCUT2D eigenvalue weighted by atomic mass is 16.5. The van der Waals surface area contributed by atoms with Crippen molar-refractivity contribution in [2.45, 2.75) is 78.0 Å².